The molecule has 1 atom stereocenters. The number of benzene rings is 1. The molecule has 0 aromatic heterocycles. The van der Waals surface area contributed by atoms with E-state index >= 15 is 0 Å². The molecule has 0 aliphatic carbocycles. The summed E-state index contributed by atoms with van der Waals surface area (Å²) in [7, 11) is 3.35. The SMILES string of the molecule is C=C(C)C[C@@H](c1ccc(OC)c(OC)c1)N1CCNCC1.Cl.Cl. The highest BCUT2D eigenvalue weighted by molar-refractivity contribution is 5.85. The maximum Gasteiger partial charge on any atom is 0.161 e. The molecule has 1 aromatic carbocycles. The summed E-state index contributed by atoms with van der Waals surface area (Å²) in [6.07, 6.45) is 0.968. The van der Waals surface area contributed by atoms with Gasteiger partial charge in [0.2, 0.25) is 0 Å². The Labute approximate surface area is 152 Å². The maximum atomic E-state index is 5.44. The summed E-state index contributed by atoms with van der Waals surface area (Å²) in [6.45, 7) is 10.4. The summed E-state index contributed by atoms with van der Waals surface area (Å²) in [5, 5.41) is 3.41. The van der Waals surface area contributed by atoms with Crippen LogP contribution in [0.15, 0.2) is 30.4 Å². The van der Waals surface area contributed by atoms with Gasteiger partial charge in [-0.1, -0.05) is 11.6 Å². The Hall–Kier alpha value is -0.940. The summed E-state index contributed by atoms with van der Waals surface area (Å²) < 4.78 is 10.8. The van der Waals surface area contributed by atoms with Crippen LogP contribution in [0.1, 0.15) is 24.9 Å². The van der Waals surface area contributed by atoms with Crippen molar-refractivity contribution in [3.8, 4) is 11.5 Å². The third-order valence-electron chi connectivity index (χ3n) is 3.93. The highest BCUT2D eigenvalue weighted by atomic mass is 35.5. The molecule has 1 N–H and O–H groups in total. The van der Waals surface area contributed by atoms with E-state index in [1.807, 2.05) is 6.07 Å². The van der Waals surface area contributed by atoms with Crippen LogP contribution in [0.5, 0.6) is 11.5 Å². The summed E-state index contributed by atoms with van der Waals surface area (Å²) in [6, 6.07) is 6.57. The van der Waals surface area contributed by atoms with Gasteiger partial charge in [-0.3, -0.25) is 4.90 Å². The molecule has 0 unspecified atom stereocenters. The lowest BCUT2D eigenvalue weighted by Gasteiger charge is -2.35. The third kappa shape index (κ3) is 5.88. The zero-order valence-electron chi connectivity index (χ0n) is 14.1. The predicted octanol–water partition coefficient (Wildman–Crippen LogP) is 3.46. The summed E-state index contributed by atoms with van der Waals surface area (Å²) >= 11 is 0. The number of hydrogen-bond acceptors (Lipinski definition) is 4. The highest BCUT2D eigenvalue weighted by Crippen LogP contribution is 2.34. The van der Waals surface area contributed by atoms with Gasteiger partial charge in [-0.15, -0.1) is 31.4 Å². The fourth-order valence-electron chi connectivity index (χ4n) is 2.84. The molecular weight excluding hydrogens is 335 g/mol. The van der Waals surface area contributed by atoms with Gasteiger partial charge in [-0.05, 0) is 31.0 Å². The monoisotopic (exact) mass is 362 g/mol. The highest BCUT2D eigenvalue weighted by Gasteiger charge is 2.23. The predicted molar refractivity (Wildman–Crippen MR) is 101 cm³/mol. The molecule has 1 saturated heterocycles. The first-order valence-corrected chi connectivity index (χ1v) is 7.46. The number of halogens is 2. The van der Waals surface area contributed by atoms with Gasteiger partial charge in [-0.2, -0.15) is 0 Å². The standard InChI is InChI=1S/C17H26N2O2.2ClH/c1-13(2)11-15(19-9-7-18-8-10-19)14-5-6-16(20-3)17(12-14)21-4;;/h5-6,12,15,18H,1,7-11H2,2-4H3;2*1H/t15-;;/m0../s1. The molecule has 1 aliphatic rings. The number of ether oxygens (including phenoxy) is 2. The van der Waals surface area contributed by atoms with E-state index in [1.165, 1.54) is 11.1 Å². The van der Waals surface area contributed by atoms with Crippen LogP contribution in [0.3, 0.4) is 0 Å². The molecule has 0 spiro atoms. The topological polar surface area (TPSA) is 33.7 Å². The van der Waals surface area contributed by atoms with Gasteiger partial charge in [0.05, 0.1) is 14.2 Å². The second-order valence-corrected chi connectivity index (χ2v) is 5.58. The van der Waals surface area contributed by atoms with Gasteiger partial charge in [0.1, 0.15) is 0 Å². The van der Waals surface area contributed by atoms with Crippen molar-refractivity contribution in [2.75, 3.05) is 40.4 Å². The molecule has 2 rings (SSSR count). The smallest absolute Gasteiger partial charge is 0.161 e. The molecule has 0 radical (unpaired) electrons. The van der Waals surface area contributed by atoms with E-state index in [1.54, 1.807) is 14.2 Å². The van der Waals surface area contributed by atoms with Crippen LogP contribution in [0, 0.1) is 0 Å². The quantitative estimate of drug-likeness (QED) is 0.785. The van der Waals surface area contributed by atoms with Crippen molar-refractivity contribution in [2.24, 2.45) is 0 Å². The molecule has 6 heteroatoms. The molecule has 132 valence electrons. The van der Waals surface area contributed by atoms with Gasteiger partial charge < -0.3 is 14.8 Å². The van der Waals surface area contributed by atoms with Crippen LogP contribution in [0.2, 0.25) is 0 Å². The zero-order valence-corrected chi connectivity index (χ0v) is 15.8. The molecule has 0 amide bonds. The first-order chi connectivity index (χ1) is 10.2. The van der Waals surface area contributed by atoms with Gasteiger partial charge in [-0.25, -0.2) is 0 Å². The number of nitrogens with one attached hydrogen (secondary N) is 1. The minimum absolute atomic E-state index is 0. The van der Waals surface area contributed by atoms with Gasteiger partial charge in [0.15, 0.2) is 11.5 Å². The lowest BCUT2D eigenvalue weighted by molar-refractivity contribution is 0.172. The molecule has 1 aliphatic heterocycles. The van der Waals surface area contributed by atoms with Crippen LogP contribution in [-0.2, 0) is 0 Å². The summed E-state index contributed by atoms with van der Waals surface area (Å²) in [5.41, 5.74) is 2.46. The summed E-state index contributed by atoms with van der Waals surface area (Å²) in [5.74, 6) is 1.56. The van der Waals surface area contributed by atoms with E-state index in [9.17, 15) is 0 Å². The van der Waals surface area contributed by atoms with Crippen molar-refractivity contribution in [3.05, 3.63) is 35.9 Å². The first-order valence-electron chi connectivity index (χ1n) is 7.46. The van der Waals surface area contributed by atoms with Crippen molar-refractivity contribution in [1.29, 1.82) is 0 Å². The largest absolute Gasteiger partial charge is 0.493 e. The van der Waals surface area contributed by atoms with Crippen molar-refractivity contribution in [2.45, 2.75) is 19.4 Å². The lowest BCUT2D eigenvalue weighted by Crippen LogP contribution is -2.45. The van der Waals surface area contributed by atoms with E-state index in [-0.39, 0.29) is 24.8 Å². The molecule has 0 saturated carbocycles. The van der Waals surface area contributed by atoms with E-state index < -0.39 is 0 Å². The fraction of sp³-hybridized carbons (Fsp3) is 0.529. The minimum atomic E-state index is 0. The van der Waals surface area contributed by atoms with Crippen molar-refractivity contribution < 1.29 is 9.47 Å². The Morgan fingerprint density at radius 1 is 1.17 bits per heavy atom. The van der Waals surface area contributed by atoms with E-state index in [2.05, 4.69) is 35.9 Å². The van der Waals surface area contributed by atoms with Crippen LogP contribution >= 0.6 is 24.8 Å². The maximum absolute atomic E-state index is 5.44. The normalized spacial score (nSPS) is 15.8. The van der Waals surface area contributed by atoms with Crippen molar-refractivity contribution in [1.82, 2.24) is 10.2 Å². The van der Waals surface area contributed by atoms with Crippen molar-refractivity contribution in [3.63, 3.8) is 0 Å². The second-order valence-electron chi connectivity index (χ2n) is 5.58. The van der Waals surface area contributed by atoms with Crippen LogP contribution < -0.4 is 14.8 Å². The van der Waals surface area contributed by atoms with Crippen LogP contribution in [0.4, 0.5) is 0 Å². The van der Waals surface area contributed by atoms with Crippen LogP contribution in [0.25, 0.3) is 0 Å². The van der Waals surface area contributed by atoms with Crippen LogP contribution in [-0.4, -0.2) is 45.3 Å². The third-order valence-corrected chi connectivity index (χ3v) is 3.93. The average Bonchev–Trinajstić information content (AvgIpc) is 2.52. The zero-order chi connectivity index (χ0) is 15.2. The van der Waals surface area contributed by atoms with Gasteiger partial charge >= 0.3 is 0 Å². The average molecular weight is 363 g/mol. The minimum Gasteiger partial charge on any atom is -0.493 e. The lowest BCUT2D eigenvalue weighted by atomic mass is 9.97. The number of rotatable bonds is 6. The number of nitrogens with zero attached hydrogens (tertiary/aromatic N) is 1. The molecular formula is C17H28Cl2N2O2. The van der Waals surface area contributed by atoms with E-state index in [0.29, 0.717) is 6.04 Å². The molecule has 1 heterocycles. The molecule has 4 nitrogen and oxygen atoms in total. The fourth-order valence-corrected chi connectivity index (χ4v) is 2.84. The molecule has 23 heavy (non-hydrogen) atoms. The Bertz CT molecular complexity index is 491. The Morgan fingerprint density at radius 2 is 1.78 bits per heavy atom. The van der Waals surface area contributed by atoms with E-state index in [4.69, 9.17) is 9.47 Å². The Morgan fingerprint density at radius 3 is 2.30 bits per heavy atom. The first kappa shape index (κ1) is 22.1. The van der Waals surface area contributed by atoms with E-state index in [0.717, 1.165) is 44.1 Å². The Kier molecular flexibility index (Phi) is 10.3. The van der Waals surface area contributed by atoms with Gasteiger partial charge in [0, 0.05) is 32.2 Å². The summed E-state index contributed by atoms with van der Waals surface area (Å²) in [4.78, 5) is 2.52. The molecule has 1 aromatic rings. The number of methoxy groups -OCH3 is 2. The van der Waals surface area contributed by atoms with Crippen molar-refractivity contribution >= 4 is 24.8 Å². The molecule has 1 fully saturated rings. The number of hydrogen-bond donors (Lipinski definition) is 1. The molecule has 0 bridgehead atoms. The number of piperazine rings is 1. The van der Waals surface area contributed by atoms with Gasteiger partial charge in [0.25, 0.3) is 0 Å². The second kappa shape index (κ2) is 10.8. The Balaban J connectivity index is 0.00000242.